The molecular weight excluding hydrogens is 364 g/mol. The molecule has 4 rings (SSSR count). The molecule has 134 valence electrons. The fourth-order valence-electron chi connectivity index (χ4n) is 2.80. The van der Waals surface area contributed by atoms with Crippen molar-refractivity contribution in [1.29, 1.82) is 0 Å². The van der Waals surface area contributed by atoms with E-state index in [0.29, 0.717) is 16.8 Å². The largest absolute Gasteiger partial charge is 0.458 e. The first-order valence-corrected chi connectivity index (χ1v) is 9.12. The van der Waals surface area contributed by atoms with Crippen LogP contribution in [-0.4, -0.2) is 34.2 Å². The second-order valence-electron chi connectivity index (χ2n) is 5.91. The molecule has 0 saturated heterocycles. The molecule has 0 spiro atoms. The maximum atomic E-state index is 12.3. The van der Waals surface area contributed by atoms with Crippen molar-refractivity contribution < 1.29 is 19.1 Å². The third-order valence-electron chi connectivity index (χ3n) is 4.12. The van der Waals surface area contributed by atoms with E-state index in [2.05, 4.69) is 4.98 Å². The summed E-state index contributed by atoms with van der Waals surface area (Å²) in [6.45, 7) is -0.423. The van der Waals surface area contributed by atoms with E-state index in [4.69, 9.17) is 4.74 Å². The lowest BCUT2D eigenvalue weighted by Gasteiger charge is -2.12. The third kappa shape index (κ3) is 3.37. The van der Waals surface area contributed by atoms with Gasteiger partial charge in [-0.05, 0) is 12.1 Å². The van der Waals surface area contributed by atoms with E-state index in [1.807, 2.05) is 35.7 Å². The van der Waals surface area contributed by atoms with Crippen molar-refractivity contribution >= 4 is 29.1 Å². The van der Waals surface area contributed by atoms with Gasteiger partial charge in [0.2, 0.25) is 0 Å². The molecule has 7 heteroatoms. The predicted octanol–water partition coefficient (Wildman–Crippen LogP) is 3.15. The van der Waals surface area contributed by atoms with Crippen LogP contribution in [0.1, 0.15) is 26.4 Å². The number of carbonyl (C=O) groups is 3. The van der Waals surface area contributed by atoms with Crippen LogP contribution in [0.2, 0.25) is 0 Å². The van der Waals surface area contributed by atoms with E-state index in [1.54, 1.807) is 24.3 Å². The van der Waals surface area contributed by atoms with Gasteiger partial charge < -0.3 is 4.74 Å². The Kier molecular flexibility index (Phi) is 4.52. The quantitative estimate of drug-likeness (QED) is 0.504. The summed E-state index contributed by atoms with van der Waals surface area (Å²) in [4.78, 5) is 42.0. The van der Waals surface area contributed by atoms with Crippen LogP contribution in [0.3, 0.4) is 0 Å². The van der Waals surface area contributed by atoms with Crippen LogP contribution in [0.5, 0.6) is 0 Å². The fourth-order valence-corrected chi connectivity index (χ4v) is 3.61. The molecule has 2 amide bonds. The van der Waals surface area contributed by atoms with Crippen molar-refractivity contribution in [2.45, 2.75) is 6.61 Å². The van der Waals surface area contributed by atoms with Crippen molar-refractivity contribution in [2.24, 2.45) is 0 Å². The van der Waals surface area contributed by atoms with Gasteiger partial charge in [-0.25, -0.2) is 4.98 Å². The maximum absolute atomic E-state index is 12.3. The number of nitrogens with zero attached hydrogens (tertiary/aromatic N) is 2. The topological polar surface area (TPSA) is 76.6 Å². The van der Waals surface area contributed by atoms with Gasteiger partial charge in [-0.3, -0.25) is 19.3 Å². The first-order valence-electron chi connectivity index (χ1n) is 8.24. The lowest BCUT2D eigenvalue weighted by Crippen LogP contribution is -2.35. The van der Waals surface area contributed by atoms with Crippen molar-refractivity contribution in [3.63, 3.8) is 0 Å². The molecule has 1 aromatic heterocycles. The summed E-state index contributed by atoms with van der Waals surface area (Å²) in [5, 5.41) is 2.65. The Morgan fingerprint density at radius 2 is 1.59 bits per heavy atom. The highest BCUT2D eigenvalue weighted by Crippen LogP contribution is 2.24. The van der Waals surface area contributed by atoms with Crippen LogP contribution in [0.25, 0.3) is 10.6 Å². The second-order valence-corrected chi connectivity index (χ2v) is 6.77. The van der Waals surface area contributed by atoms with Gasteiger partial charge in [-0.2, -0.15) is 0 Å². The number of carbonyl (C=O) groups excluding carboxylic acids is 3. The Labute approximate surface area is 159 Å². The molecule has 0 aliphatic carbocycles. The van der Waals surface area contributed by atoms with Gasteiger partial charge in [0.15, 0.2) is 0 Å². The average molecular weight is 378 g/mol. The van der Waals surface area contributed by atoms with Crippen molar-refractivity contribution in [3.8, 4) is 10.6 Å². The summed E-state index contributed by atoms with van der Waals surface area (Å²) in [6, 6.07) is 16.2. The standard InChI is InChI=1S/C20H14N2O4S/c23-17(10-22-19(24)15-8-4-5-9-16(15)20(22)25)26-11-14-12-27-18(21-14)13-6-2-1-3-7-13/h1-9,12H,10-11H2. The van der Waals surface area contributed by atoms with Crippen LogP contribution >= 0.6 is 11.3 Å². The van der Waals surface area contributed by atoms with Crippen molar-refractivity contribution in [3.05, 3.63) is 76.8 Å². The molecule has 0 atom stereocenters. The summed E-state index contributed by atoms with van der Waals surface area (Å²) in [6.07, 6.45) is 0. The number of benzene rings is 2. The fraction of sp³-hybridized carbons (Fsp3) is 0.100. The molecule has 0 N–H and O–H groups in total. The lowest BCUT2D eigenvalue weighted by atomic mass is 10.1. The van der Waals surface area contributed by atoms with E-state index in [1.165, 1.54) is 11.3 Å². The normalized spacial score (nSPS) is 13.0. The molecule has 0 radical (unpaired) electrons. The second kappa shape index (κ2) is 7.13. The minimum atomic E-state index is -0.654. The zero-order chi connectivity index (χ0) is 18.8. The molecule has 3 aromatic rings. The number of thiazole rings is 1. The number of fused-ring (bicyclic) bond motifs is 1. The maximum Gasteiger partial charge on any atom is 0.326 e. The summed E-state index contributed by atoms with van der Waals surface area (Å²) in [5.74, 6) is -1.61. The molecule has 0 unspecified atom stereocenters. The van der Waals surface area contributed by atoms with Gasteiger partial charge >= 0.3 is 5.97 Å². The van der Waals surface area contributed by atoms with Gasteiger partial charge in [-0.15, -0.1) is 11.3 Å². The van der Waals surface area contributed by atoms with E-state index < -0.39 is 24.3 Å². The van der Waals surface area contributed by atoms with Gasteiger partial charge in [-0.1, -0.05) is 42.5 Å². The molecule has 2 aromatic carbocycles. The molecule has 0 bridgehead atoms. The predicted molar refractivity (Wildman–Crippen MR) is 99.2 cm³/mol. The summed E-state index contributed by atoms with van der Waals surface area (Å²) in [7, 11) is 0. The Morgan fingerprint density at radius 3 is 2.26 bits per heavy atom. The minimum Gasteiger partial charge on any atom is -0.458 e. The molecular formula is C20H14N2O4S. The van der Waals surface area contributed by atoms with E-state index in [0.717, 1.165) is 15.5 Å². The SMILES string of the molecule is O=C(CN1C(=O)c2ccccc2C1=O)OCc1csc(-c2ccccc2)n1. The van der Waals surface area contributed by atoms with Gasteiger partial charge in [0, 0.05) is 10.9 Å². The first-order chi connectivity index (χ1) is 13.1. The minimum absolute atomic E-state index is 0.00859. The number of rotatable bonds is 5. The molecule has 2 heterocycles. The highest BCUT2D eigenvalue weighted by atomic mass is 32.1. The van der Waals surface area contributed by atoms with Gasteiger partial charge in [0.1, 0.15) is 18.2 Å². The molecule has 0 fully saturated rings. The summed E-state index contributed by atoms with van der Waals surface area (Å²) < 4.78 is 5.19. The molecule has 1 aliphatic heterocycles. The number of aromatic nitrogens is 1. The smallest absolute Gasteiger partial charge is 0.326 e. The summed E-state index contributed by atoms with van der Waals surface area (Å²) in [5.41, 5.74) is 2.23. The average Bonchev–Trinajstić information content (AvgIpc) is 3.27. The zero-order valence-corrected chi connectivity index (χ0v) is 14.9. The molecule has 27 heavy (non-hydrogen) atoms. The Morgan fingerprint density at radius 1 is 0.963 bits per heavy atom. The number of imide groups is 1. The van der Waals surface area contributed by atoms with Crippen LogP contribution in [0.4, 0.5) is 0 Å². The van der Waals surface area contributed by atoms with Crippen LogP contribution in [0, 0.1) is 0 Å². The third-order valence-corrected chi connectivity index (χ3v) is 5.06. The van der Waals surface area contributed by atoms with Gasteiger partial charge in [0.25, 0.3) is 11.8 Å². The molecule has 6 nitrogen and oxygen atoms in total. The number of hydrogen-bond donors (Lipinski definition) is 0. The Bertz CT molecular complexity index is 994. The van der Waals surface area contributed by atoms with Crippen LogP contribution in [0.15, 0.2) is 60.0 Å². The van der Waals surface area contributed by atoms with E-state index in [9.17, 15) is 14.4 Å². The highest BCUT2D eigenvalue weighted by molar-refractivity contribution is 7.13. The number of hydrogen-bond acceptors (Lipinski definition) is 6. The molecule has 0 saturated carbocycles. The van der Waals surface area contributed by atoms with Crippen molar-refractivity contribution in [1.82, 2.24) is 9.88 Å². The Hall–Kier alpha value is -3.32. The lowest BCUT2D eigenvalue weighted by molar-refractivity contribution is -0.145. The van der Waals surface area contributed by atoms with E-state index >= 15 is 0 Å². The van der Waals surface area contributed by atoms with Crippen LogP contribution in [-0.2, 0) is 16.1 Å². The van der Waals surface area contributed by atoms with Crippen LogP contribution < -0.4 is 0 Å². The first kappa shape index (κ1) is 17.1. The van der Waals surface area contributed by atoms with Gasteiger partial charge in [0.05, 0.1) is 16.8 Å². The number of esters is 1. The molecule has 1 aliphatic rings. The number of amides is 2. The van der Waals surface area contributed by atoms with Crippen molar-refractivity contribution in [2.75, 3.05) is 6.54 Å². The summed E-state index contributed by atoms with van der Waals surface area (Å²) >= 11 is 1.46. The number of ether oxygens (including phenoxy) is 1. The zero-order valence-electron chi connectivity index (χ0n) is 14.1. The monoisotopic (exact) mass is 378 g/mol. The highest BCUT2D eigenvalue weighted by Gasteiger charge is 2.36. The van der Waals surface area contributed by atoms with E-state index in [-0.39, 0.29) is 6.61 Å². The Balaban J connectivity index is 1.37.